The van der Waals surface area contributed by atoms with Gasteiger partial charge in [0, 0.05) is 18.0 Å². The smallest absolute Gasteiger partial charge is 0.263 e. The summed E-state index contributed by atoms with van der Waals surface area (Å²) in [7, 11) is -2.35. The first-order valence-corrected chi connectivity index (χ1v) is 7.37. The fourth-order valence-corrected chi connectivity index (χ4v) is 2.69. The number of nitrogens with zero attached hydrogens (tertiary/aromatic N) is 1. The fourth-order valence-electron chi connectivity index (χ4n) is 1.65. The number of amidine groups is 1. The number of anilines is 1. The highest BCUT2D eigenvalue weighted by atomic mass is 32.2. The molecule has 8 heteroatoms. The number of nitrogen functional groups attached to an aromatic ring is 1. The van der Waals surface area contributed by atoms with E-state index in [1.807, 2.05) is 0 Å². The van der Waals surface area contributed by atoms with Crippen LogP contribution < -0.4 is 15.2 Å². The summed E-state index contributed by atoms with van der Waals surface area (Å²) in [5.74, 6) is 0.144. The van der Waals surface area contributed by atoms with Crippen molar-refractivity contribution in [2.24, 2.45) is 5.73 Å². The standard InChI is InChI=1S/C13H14N4O3S/c1-20-12-7-9(13(14)15)4-5-11(12)17-21(18,19)10-3-2-6-16-8-10/h2-8,17H,1H3,(H3,14,15). The van der Waals surface area contributed by atoms with Crippen LogP contribution >= 0.6 is 0 Å². The summed E-state index contributed by atoms with van der Waals surface area (Å²) in [6, 6.07) is 7.48. The first kappa shape index (κ1) is 14.8. The lowest BCUT2D eigenvalue weighted by molar-refractivity contribution is 0.417. The highest BCUT2D eigenvalue weighted by molar-refractivity contribution is 7.92. The third-order valence-electron chi connectivity index (χ3n) is 2.70. The molecule has 0 spiro atoms. The molecule has 21 heavy (non-hydrogen) atoms. The lowest BCUT2D eigenvalue weighted by atomic mass is 10.2. The van der Waals surface area contributed by atoms with E-state index in [9.17, 15) is 8.42 Å². The van der Waals surface area contributed by atoms with Crippen LogP contribution in [0.25, 0.3) is 0 Å². The van der Waals surface area contributed by atoms with E-state index < -0.39 is 10.0 Å². The first-order chi connectivity index (χ1) is 9.94. The number of hydrogen-bond donors (Lipinski definition) is 3. The van der Waals surface area contributed by atoms with Crippen molar-refractivity contribution in [1.82, 2.24) is 4.98 Å². The molecule has 0 amide bonds. The minimum atomic E-state index is -3.76. The number of hydrogen-bond acceptors (Lipinski definition) is 5. The number of rotatable bonds is 5. The van der Waals surface area contributed by atoms with Crippen LogP contribution in [0.15, 0.2) is 47.6 Å². The Morgan fingerprint density at radius 1 is 1.38 bits per heavy atom. The van der Waals surface area contributed by atoms with Crippen LogP contribution in [0, 0.1) is 5.41 Å². The van der Waals surface area contributed by atoms with Gasteiger partial charge in [-0.1, -0.05) is 0 Å². The van der Waals surface area contributed by atoms with Gasteiger partial charge in [0.2, 0.25) is 0 Å². The molecule has 1 aromatic heterocycles. The Morgan fingerprint density at radius 3 is 2.71 bits per heavy atom. The molecule has 7 nitrogen and oxygen atoms in total. The lowest BCUT2D eigenvalue weighted by Gasteiger charge is -2.12. The Bertz CT molecular complexity index is 760. The highest BCUT2D eigenvalue weighted by Crippen LogP contribution is 2.27. The van der Waals surface area contributed by atoms with Gasteiger partial charge in [-0.15, -0.1) is 0 Å². The van der Waals surface area contributed by atoms with E-state index in [0.717, 1.165) is 0 Å². The van der Waals surface area contributed by atoms with Crippen LogP contribution in [-0.4, -0.2) is 26.3 Å². The van der Waals surface area contributed by atoms with Crippen molar-refractivity contribution in [3.05, 3.63) is 48.3 Å². The zero-order chi connectivity index (χ0) is 15.5. The average molecular weight is 306 g/mol. The van der Waals surface area contributed by atoms with E-state index in [0.29, 0.717) is 5.56 Å². The van der Waals surface area contributed by atoms with Gasteiger partial charge in [0.05, 0.1) is 12.8 Å². The van der Waals surface area contributed by atoms with Gasteiger partial charge >= 0.3 is 0 Å². The summed E-state index contributed by atoms with van der Waals surface area (Å²) in [6.07, 6.45) is 2.74. The Balaban J connectivity index is 2.38. The molecule has 1 aromatic carbocycles. The Hall–Kier alpha value is -2.61. The Labute approximate surface area is 122 Å². The van der Waals surface area contributed by atoms with Gasteiger partial charge in [0.15, 0.2) is 0 Å². The third kappa shape index (κ3) is 3.29. The number of nitrogens with two attached hydrogens (primary N) is 1. The second kappa shape index (κ2) is 5.80. The van der Waals surface area contributed by atoms with E-state index in [1.54, 1.807) is 0 Å². The van der Waals surface area contributed by atoms with Crippen molar-refractivity contribution in [1.29, 1.82) is 5.41 Å². The van der Waals surface area contributed by atoms with Crippen molar-refractivity contribution in [3.63, 3.8) is 0 Å². The summed E-state index contributed by atoms with van der Waals surface area (Å²) >= 11 is 0. The van der Waals surface area contributed by atoms with Crippen molar-refractivity contribution in [2.45, 2.75) is 4.90 Å². The molecule has 0 bridgehead atoms. The third-order valence-corrected chi connectivity index (χ3v) is 4.05. The van der Waals surface area contributed by atoms with Gasteiger partial charge in [-0.05, 0) is 30.3 Å². The van der Waals surface area contributed by atoms with Crippen LogP contribution in [0.2, 0.25) is 0 Å². The van der Waals surface area contributed by atoms with Gasteiger partial charge in [-0.2, -0.15) is 0 Å². The van der Waals surface area contributed by atoms with Crippen LogP contribution in [0.3, 0.4) is 0 Å². The van der Waals surface area contributed by atoms with Gasteiger partial charge in [0.25, 0.3) is 10.0 Å². The maximum Gasteiger partial charge on any atom is 0.263 e. The van der Waals surface area contributed by atoms with Crippen LogP contribution in [0.5, 0.6) is 5.75 Å². The molecule has 0 fully saturated rings. The van der Waals surface area contributed by atoms with Crippen molar-refractivity contribution in [3.8, 4) is 5.75 Å². The number of methoxy groups -OCH3 is 1. The molecule has 0 radical (unpaired) electrons. The molecule has 0 atom stereocenters. The zero-order valence-corrected chi connectivity index (χ0v) is 12.0. The number of nitrogens with one attached hydrogen (secondary N) is 2. The van der Waals surface area contributed by atoms with Crippen LogP contribution in [0.4, 0.5) is 5.69 Å². The zero-order valence-electron chi connectivity index (χ0n) is 11.2. The molecule has 1 heterocycles. The molecular weight excluding hydrogens is 292 g/mol. The highest BCUT2D eigenvalue weighted by Gasteiger charge is 2.17. The molecule has 0 aliphatic rings. The molecule has 0 unspecified atom stereocenters. The van der Waals surface area contributed by atoms with E-state index in [2.05, 4.69) is 9.71 Å². The summed E-state index contributed by atoms with van der Waals surface area (Å²) < 4.78 is 32.0. The number of ether oxygens (including phenoxy) is 1. The van der Waals surface area contributed by atoms with Gasteiger partial charge < -0.3 is 10.5 Å². The lowest BCUT2D eigenvalue weighted by Crippen LogP contribution is -2.15. The summed E-state index contributed by atoms with van der Waals surface area (Å²) in [5.41, 5.74) is 6.08. The van der Waals surface area contributed by atoms with Gasteiger partial charge in [-0.25, -0.2) is 8.42 Å². The molecule has 0 aliphatic heterocycles. The van der Waals surface area contributed by atoms with Crippen molar-refractivity contribution in [2.75, 3.05) is 11.8 Å². The molecule has 0 saturated heterocycles. The normalized spacial score (nSPS) is 10.9. The summed E-state index contributed by atoms with van der Waals surface area (Å²) in [4.78, 5) is 3.82. The van der Waals surface area contributed by atoms with Crippen molar-refractivity contribution >= 4 is 21.5 Å². The maximum atomic E-state index is 12.2. The van der Waals surface area contributed by atoms with E-state index in [-0.39, 0.29) is 22.2 Å². The topological polar surface area (TPSA) is 118 Å². The molecular formula is C13H14N4O3S. The fraction of sp³-hybridized carbons (Fsp3) is 0.0769. The van der Waals surface area contributed by atoms with Crippen LogP contribution in [-0.2, 0) is 10.0 Å². The molecule has 2 aromatic rings. The monoisotopic (exact) mass is 306 g/mol. The SMILES string of the molecule is COc1cc(C(=N)N)ccc1NS(=O)(=O)c1cccnc1. The second-order valence-corrected chi connectivity index (χ2v) is 5.81. The second-order valence-electron chi connectivity index (χ2n) is 4.12. The minimum absolute atomic E-state index is 0.0442. The molecule has 4 N–H and O–H groups in total. The Kier molecular flexibility index (Phi) is 4.08. The summed E-state index contributed by atoms with van der Waals surface area (Å²) in [5, 5.41) is 7.37. The number of pyridine rings is 1. The maximum absolute atomic E-state index is 12.2. The van der Waals surface area contributed by atoms with E-state index in [4.69, 9.17) is 15.9 Å². The molecule has 0 aliphatic carbocycles. The van der Waals surface area contributed by atoms with E-state index >= 15 is 0 Å². The quantitative estimate of drug-likeness (QED) is 0.566. The predicted molar refractivity (Wildman–Crippen MR) is 79.1 cm³/mol. The van der Waals surface area contributed by atoms with Crippen molar-refractivity contribution < 1.29 is 13.2 Å². The Morgan fingerprint density at radius 2 is 2.14 bits per heavy atom. The number of sulfonamides is 1. The average Bonchev–Trinajstić information content (AvgIpc) is 2.48. The molecule has 0 saturated carbocycles. The minimum Gasteiger partial charge on any atom is -0.495 e. The molecule has 2 rings (SSSR count). The van der Waals surface area contributed by atoms with E-state index in [1.165, 1.54) is 49.8 Å². The first-order valence-electron chi connectivity index (χ1n) is 5.89. The largest absolute Gasteiger partial charge is 0.495 e. The number of aromatic nitrogens is 1. The van der Waals surface area contributed by atoms with Gasteiger partial charge in [-0.3, -0.25) is 15.1 Å². The summed E-state index contributed by atoms with van der Waals surface area (Å²) in [6.45, 7) is 0. The number of benzene rings is 1. The van der Waals surface area contributed by atoms with Gasteiger partial charge in [0.1, 0.15) is 16.5 Å². The predicted octanol–water partition coefficient (Wildman–Crippen LogP) is 1.18. The molecule has 110 valence electrons. The van der Waals surface area contributed by atoms with Crippen LogP contribution in [0.1, 0.15) is 5.56 Å².